The number of pyridine rings is 1. The van der Waals surface area contributed by atoms with Crippen LogP contribution in [-0.4, -0.2) is 41.9 Å². The van der Waals surface area contributed by atoms with Crippen LogP contribution < -0.4 is 0 Å². The molecule has 1 aliphatic carbocycles. The predicted octanol–water partition coefficient (Wildman–Crippen LogP) is 4.50. The highest BCUT2D eigenvalue weighted by Crippen LogP contribution is 2.45. The molecule has 1 unspecified atom stereocenters. The third kappa shape index (κ3) is 5.15. The smallest absolute Gasteiger partial charge is 0.317 e. The van der Waals surface area contributed by atoms with Gasteiger partial charge in [0.05, 0.1) is 0 Å². The third-order valence-corrected chi connectivity index (χ3v) is 6.90. The fourth-order valence-electron chi connectivity index (χ4n) is 4.93. The van der Waals surface area contributed by atoms with E-state index in [9.17, 15) is 11.0 Å². The molecule has 1 saturated heterocycles. The average molecular weight is 513 g/mol. The van der Waals surface area contributed by atoms with Crippen molar-refractivity contribution in [1.29, 1.82) is 0 Å². The van der Waals surface area contributed by atoms with E-state index in [2.05, 4.69) is 20.1 Å². The Kier molecular flexibility index (Phi) is 4.63. The lowest BCUT2D eigenvalue weighted by Crippen LogP contribution is -2.52. The Morgan fingerprint density at radius 3 is 2.43 bits per heavy atom. The van der Waals surface area contributed by atoms with Crippen molar-refractivity contribution < 1.29 is 26.7 Å². The van der Waals surface area contributed by atoms with E-state index in [0.717, 1.165) is 17.1 Å². The van der Waals surface area contributed by atoms with Crippen molar-refractivity contribution in [3.05, 3.63) is 52.4 Å². The van der Waals surface area contributed by atoms with Gasteiger partial charge in [-0.1, -0.05) is 26.6 Å². The Morgan fingerprint density at radius 1 is 1.08 bits per heavy atom. The van der Waals surface area contributed by atoms with Gasteiger partial charge in [-0.2, -0.15) is 4.98 Å². The minimum absolute atomic E-state index is 0.00910. The second kappa shape index (κ2) is 10.3. The molecule has 5 rings (SSSR count). The van der Waals surface area contributed by atoms with Crippen molar-refractivity contribution in [3.63, 3.8) is 0 Å². The number of carbonyl (C=O) groups is 2. The molecule has 8 heteroatoms. The number of aryl methyl sites for hydroxylation is 5. The molecule has 3 aromatic rings. The van der Waals surface area contributed by atoms with Gasteiger partial charge >= 0.3 is 5.97 Å². The molecule has 0 N–H and O–H groups in total. The molecule has 0 radical (unpaired) electrons. The van der Waals surface area contributed by atoms with E-state index >= 15 is 0 Å². The average Bonchev–Trinajstić information content (AvgIpc) is 3.41. The van der Waals surface area contributed by atoms with Crippen LogP contribution in [-0.2, 0) is 40.0 Å². The fraction of sp³-hybridized carbons (Fsp3) is 0.586. The lowest BCUT2D eigenvalue weighted by molar-refractivity contribution is -0.185. The third-order valence-electron chi connectivity index (χ3n) is 6.90. The number of esters is 1. The van der Waals surface area contributed by atoms with Crippen molar-refractivity contribution in [2.45, 2.75) is 97.3 Å². The zero-order valence-corrected chi connectivity index (χ0v) is 21.5. The number of nitrogens with zero attached hydrogens (tertiary/aromatic N) is 5. The second-order valence-electron chi connectivity index (χ2n) is 9.63. The van der Waals surface area contributed by atoms with Gasteiger partial charge in [-0.3, -0.25) is 14.6 Å². The molecule has 1 saturated carbocycles. The summed E-state index contributed by atoms with van der Waals surface area (Å²) in [4.78, 5) is 40.9. The minimum Gasteiger partial charge on any atom is -0.458 e. The molecule has 0 spiro atoms. The van der Waals surface area contributed by atoms with E-state index in [1.807, 2.05) is 13.8 Å². The first-order valence-corrected chi connectivity index (χ1v) is 12.6. The number of carbonyl (C=O) groups excluding carboxylic acids is 2. The van der Waals surface area contributed by atoms with Crippen LogP contribution in [0.1, 0.15) is 98.7 Å². The van der Waals surface area contributed by atoms with E-state index in [-0.39, 0.29) is 24.4 Å². The quantitative estimate of drug-likeness (QED) is 0.324. The molecule has 196 valence electrons. The van der Waals surface area contributed by atoms with Crippen LogP contribution in [0.2, 0.25) is 0 Å². The Bertz CT molecular complexity index is 1660. The number of ketones is 1. The molecule has 1 aliphatic heterocycles. The summed E-state index contributed by atoms with van der Waals surface area (Å²) in [6, 6.07) is 5.34. The maximum atomic E-state index is 13.9. The topological polar surface area (TPSA) is 99.3 Å². The zero-order valence-electron chi connectivity index (χ0n) is 30.5. The summed E-state index contributed by atoms with van der Waals surface area (Å²) in [5, 5.41) is 4.36. The van der Waals surface area contributed by atoms with Crippen molar-refractivity contribution >= 4 is 17.5 Å². The van der Waals surface area contributed by atoms with E-state index in [1.54, 1.807) is 32.0 Å². The van der Waals surface area contributed by atoms with Crippen molar-refractivity contribution in [2.24, 2.45) is 11.8 Å². The molecular weight excluding hydrogens is 466 g/mol. The second-order valence-corrected chi connectivity index (χ2v) is 9.63. The molecule has 37 heavy (non-hydrogen) atoms. The van der Waals surface area contributed by atoms with Crippen LogP contribution in [0.5, 0.6) is 0 Å². The maximum absolute atomic E-state index is 13.9. The summed E-state index contributed by atoms with van der Waals surface area (Å²) in [6.07, 6.45) is -14.6. The molecule has 8 nitrogen and oxygen atoms in total. The number of ether oxygens (including phenoxy) is 1. The Morgan fingerprint density at radius 2 is 1.78 bits per heavy atom. The molecule has 2 atom stereocenters. The summed E-state index contributed by atoms with van der Waals surface area (Å²) in [5.74, 6) is -6.44. The minimum atomic E-state index is -3.55. The van der Waals surface area contributed by atoms with E-state index in [4.69, 9.17) is 15.7 Å². The number of hydrogen-bond donors (Lipinski definition) is 0. The number of rotatable bonds is 8. The van der Waals surface area contributed by atoms with Gasteiger partial charge in [0.2, 0.25) is 0 Å². The summed E-state index contributed by atoms with van der Waals surface area (Å²) < 4.78 is 85.4. The highest BCUT2D eigenvalue weighted by molar-refractivity contribution is 6.01. The zero-order chi connectivity index (χ0) is 34.3. The summed E-state index contributed by atoms with van der Waals surface area (Å²) in [6.45, 7) is 7.40. The Hall–Kier alpha value is -3.16. The fourth-order valence-corrected chi connectivity index (χ4v) is 4.93. The van der Waals surface area contributed by atoms with E-state index in [1.165, 1.54) is 4.52 Å². The number of aromatic nitrogens is 5. The van der Waals surface area contributed by atoms with Gasteiger partial charge in [-0.15, -0.1) is 5.10 Å². The van der Waals surface area contributed by atoms with Gasteiger partial charge in [0, 0.05) is 48.0 Å². The number of cyclic esters (lactones) is 1. The molecule has 0 aromatic carbocycles. The number of Topliss-reactive ketones (excluding diaryl/α,β-unsaturated/α-hetero) is 1. The standard InChI is InChI=1S/C29H37N5O3/c1-5-22-14-20(15-23(6-2)31-22)11-12-29(21-9-7-8-10-21)17-25(35)24(27(36)37-29)16-26-32-28-30-18(3)13-19(4)34(28)33-26/h13-15,21,24H,5-12,16-17H2,1-4H3/t24?,29-/m1/s1/i7D2,8D2,9D2,10D2,21D. The lowest BCUT2D eigenvalue weighted by Gasteiger charge is -2.43. The van der Waals surface area contributed by atoms with Crippen molar-refractivity contribution in [3.8, 4) is 0 Å². The first-order chi connectivity index (χ1) is 21.2. The molecule has 0 amide bonds. The monoisotopic (exact) mass is 512 g/mol. The number of fused-ring (bicyclic) bond motifs is 1. The van der Waals surface area contributed by atoms with Gasteiger partial charge in [0.25, 0.3) is 5.78 Å². The summed E-state index contributed by atoms with van der Waals surface area (Å²) >= 11 is 0. The van der Waals surface area contributed by atoms with Gasteiger partial charge in [0.15, 0.2) is 11.6 Å². The summed E-state index contributed by atoms with van der Waals surface area (Å²) in [7, 11) is 0. The van der Waals surface area contributed by atoms with Gasteiger partial charge in [0.1, 0.15) is 11.5 Å². The molecule has 4 heterocycles. The maximum Gasteiger partial charge on any atom is 0.317 e. The van der Waals surface area contributed by atoms with Crippen LogP contribution in [0, 0.1) is 25.7 Å². The van der Waals surface area contributed by atoms with Crippen LogP contribution in [0.3, 0.4) is 0 Å². The number of hydrogen-bond acceptors (Lipinski definition) is 7. The first kappa shape index (κ1) is 16.6. The van der Waals surface area contributed by atoms with Crippen LogP contribution >= 0.6 is 0 Å². The molecule has 2 fully saturated rings. The Balaban J connectivity index is 1.59. The van der Waals surface area contributed by atoms with Crippen molar-refractivity contribution in [2.75, 3.05) is 0 Å². The Labute approximate surface area is 230 Å². The molecule has 0 bridgehead atoms. The van der Waals surface area contributed by atoms with Crippen molar-refractivity contribution in [1.82, 2.24) is 24.6 Å². The highest BCUT2D eigenvalue weighted by Gasteiger charge is 2.51. The van der Waals surface area contributed by atoms with E-state index in [0.29, 0.717) is 24.1 Å². The normalized spacial score (nSPS) is 32.5. The van der Waals surface area contributed by atoms with Crippen LogP contribution in [0.25, 0.3) is 5.78 Å². The predicted molar refractivity (Wildman–Crippen MR) is 139 cm³/mol. The molecular formula is C29H37N5O3. The summed E-state index contributed by atoms with van der Waals surface area (Å²) in [5.41, 5.74) is 0.991. The first-order valence-electron chi connectivity index (χ1n) is 17.1. The van der Waals surface area contributed by atoms with Gasteiger partial charge in [-0.25, -0.2) is 9.50 Å². The molecule has 2 aliphatic rings. The highest BCUT2D eigenvalue weighted by atomic mass is 16.6. The van der Waals surface area contributed by atoms with Crippen LogP contribution in [0.4, 0.5) is 0 Å². The lowest BCUT2D eigenvalue weighted by atomic mass is 9.73. The van der Waals surface area contributed by atoms with Gasteiger partial charge < -0.3 is 4.74 Å². The molecule has 3 aromatic heterocycles. The van der Waals surface area contributed by atoms with E-state index < -0.39 is 67.5 Å². The largest absolute Gasteiger partial charge is 0.458 e. The SMILES string of the molecule is [2H]C1([2H])C([2H])([2H])C([2H])([2H])C([2H])([C@@]2(CCc3cc(CC)nc(CC)c3)CC(=O)C(Cc3nc4nc(C)cc(C)n4n3)C(=O)O2)C1([2H])[2H]. The van der Waals surface area contributed by atoms with Crippen LogP contribution in [0.15, 0.2) is 18.2 Å². The van der Waals surface area contributed by atoms with Gasteiger partial charge in [-0.05, 0) is 81.9 Å².